The maximum absolute atomic E-state index is 13.9. The Labute approximate surface area is 127 Å². The van der Waals surface area contributed by atoms with Gasteiger partial charge in [0.05, 0.1) is 4.47 Å². The Kier molecular flexibility index (Phi) is 4.73. The first-order chi connectivity index (χ1) is 9.40. The Hall–Kier alpha value is -1.04. The van der Waals surface area contributed by atoms with Crippen molar-refractivity contribution in [1.29, 1.82) is 0 Å². The standard InChI is InChI=1S/C14H10BrClF3N/c15-10-3-4-12(18)9(14(10)19)6-13(20)8-2-1-7(17)5-11(8)16/h1-5,13H,6,20H2. The van der Waals surface area contributed by atoms with Gasteiger partial charge in [-0.25, -0.2) is 13.2 Å². The molecule has 0 aliphatic carbocycles. The highest BCUT2D eigenvalue weighted by Gasteiger charge is 2.18. The molecular formula is C14H10BrClF3N. The highest BCUT2D eigenvalue weighted by atomic mass is 79.9. The summed E-state index contributed by atoms with van der Waals surface area (Å²) in [7, 11) is 0. The molecule has 2 aromatic carbocycles. The molecule has 1 atom stereocenters. The predicted octanol–water partition coefficient (Wildman–Crippen LogP) is 4.76. The van der Waals surface area contributed by atoms with E-state index in [9.17, 15) is 13.2 Å². The van der Waals surface area contributed by atoms with Gasteiger partial charge >= 0.3 is 0 Å². The predicted molar refractivity (Wildman–Crippen MR) is 76.1 cm³/mol. The van der Waals surface area contributed by atoms with Crippen molar-refractivity contribution in [3.63, 3.8) is 0 Å². The second kappa shape index (κ2) is 6.16. The van der Waals surface area contributed by atoms with Crippen LogP contribution in [0.4, 0.5) is 13.2 Å². The zero-order valence-corrected chi connectivity index (χ0v) is 12.5. The monoisotopic (exact) mass is 363 g/mol. The van der Waals surface area contributed by atoms with E-state index in [2.05, 4.69) is 15.9 Å². The van der Waals surface area contributed by atoms with E-state index in [1.54, 1.807) is 0 Å². The van der Waals surface area contributed by atoms with Crippen LogP contribution < -0.4 is 5.73 Å². The van der Waals surface area contributed by atoms with Crippen LogP contribution in [0.25, 0.3) is 0 Å². The van der Waals surface area contributed by atoms with Crippen molar-refractivity contribution in [1.82, 2.24) is 0 Å². The first-order valence-electron chi connectivity index (χ1n) is 5.73. The Morgan fingerprint density at radius 3 is 2.50 bits per heavy atom. The lowest BCUT2D eigenvalue weighted by atomic mass is 9.99. The van der Waals surface area contributed by atoms with Gasteiger partial charge in [0.25, 0.3) is 0 Å². The molecule has 2 aromatic rings. The number of halogens is 5. The first-order valence-corrected chi connectivity index (χ1v) is 6.90. The zero-order chi connectivity index (χ0) is 14.9. The summed E-state index contributed by atoms with van der Waals surface area (Å²) in [6.45, 7) is 0. The average Bonchev–Trinajstić information content (AvgIpc) is 2.39. The molecule has 2 N–H and O–H groups in total. The minimum absolute atomic E-state index is 0.0809. The van der Waals surface area contributed by atoms with E-state index in [1.165, 1.54) is 18.2 Å². The summed E-state index contributed by atoms with van der Waals surface area (Å²) in [5, 5.41) is 0.133. The van der Waals surface area contributed by atoms with E-state index < -0.39 is 23.5 Å². The fourth-order valence-corrected chi connectivity index (χ4v) is 2.57. The minimum Gasteiger partial charge on any atom is -0.324 e. The third-order valence-electron chi connectivity index (χ3n) is 2.92. The van der Waals surface area contributed by atoms with Gasteiger partial charge in [-0.2, -0.15) is 0 Å². The van der Waals surface area contributed by atoms with Gasteiger partial charge < -0.3 is 5.73 Å². The molecule has 0 fully saturated rings. The molecule has 0 saturated heterocycles. The SMILES string of the molecule is NC(Cc1c(F)ccc(Br)c1F)c1ccc(F)cc1Cl. The third-order valence-corrected chi connectivity index (χ3v) is 3.86. The zero-order valence-electron chi connectivity index (χ0n) is 10.1. The van der Waals surface area contributed by atoms with Gasteiger partial charge in [-0.1, -0.05) is 17.7 Å². The maximum atomic E-state index is 13.9. The molecule has 0 aliphatic heterocycles. The molecule has 1 nitrogen and oxygen atoms in total. The van der Waals surface area contributed by atoms with E-state index in [0.717, 1.165) is 12.1 Å². The van der Waals surface area contributed by atoms with Gasteiger partial charge in [0.2, 0.25) is 0 Å². The van der Waals surface area contributed by atoms with Gasteiger partial charge in [0.15, 0.2) is 0 Å². The average molecular weight is 365 g/mol. The van der Waals surface area contributed by atoms with E-state index in [-0.39, 0.29) is 21.5 Å². The summed E-state index contributed by atoms with van der Waals surface area (Å²) < 4.78 is 40.7. The van der Waals surface area contributed by atoms with Crippen LogP contribution in [0.2, 0.25) is 5.02 Å². The van der Waals surface area contributed by atoms with Crippen LogP contribution in [0.1, 0.15) is 17.2 Å². The highest BCUT2D eigenvalue weighted by Crippen LogP contribution is 2.28. The summed E-state index contributed by atoms with van der Waals surface area (Å²) in [5.74, 6) is -1.87. The molecule has 0 aliphatic rings. The Bertz CT molecular complexity index is 649. The lowest BCUT2D eigenvalue weighted by Crippen LogP contribution is -2.16. The Balaban J connectivity index is 2.32. The van der Waals surface area contributed by atoms with Gasteiger partial charge in [-0.15, -0.1) is 0 Å². The fourth-order valence-electron chi connectivity index (χ4n) is 1.89. The molecule has 0 spiro atoms. The lowest BCUT2D eigenvalue weighted by Gasteiger charge is -2.15. The van der Waals surface area contributed by atoms with Crippen molar-refractivity contribution in [2.24, 2.45) is 5.73 Å². The lowest BCUT2D eigenvalue weighted by molar-refractivity contribution is 0.535. The van der Waals surface area contributed by atoms with Gasteiger partial charge in [-0.3, -0.25) is 0 Å². The van der Waals surface area contributed by atoms with E-state index in [1.807, 2.05) is 0 Å². The van der Waals surface area contributed by atoms with Crippen LogP contribution in [-0.4, -0.2) is 0 Å². The molecule has 0 saturated carbocycles. The van der Waals surface area contributed by atoms with Crippen molar-refractivity contribution >= 4 is 27.5 Å². The minimum atomic E-state index is -0.735. The topological polar surface area (TPSA) is 26.0 Å². The van der Waals surface area contributed by atoms with Crippen LogP contribution in [0, 0.1) is 17.5 Å². The smallest absolute Gasteiger partial charge is 0.143 e. The van der Waals surface area contributed by atoms with Crippen LogP contribution in [0.15, 0.2) is 34.8 Å². The summed E-state index contributed by atoms with van der Waals surface area (Å²) >= 11 is 8.88. The summed E-state index contributed by atoms with van der Waals surface area (Å²) in [6.07, 6.45) is -0.0809. The summed E-state index contributed by atoms with van der Waals surface area (Å²) in [4.78, 5) is 0. The number of hydrogen-bond acceptors (Lipinski definition) is 1. The molecule has 0 heterocycles. The highest BCUT2D eigenvalue weighted by molar-refractivity contribution is 9.10. The normalized spacial score (nSPS) is 12.5. The molecular weight excluding hydrogens is 355 g/mol. The van der Waals surface area contributed by atoms with E-state index in [0.29, 0.717) is 5.56 Å². The summed E-state index contributed by atoms with van der Waals surface area (Å²) in [6, 6.07) is 5.43. The molecule has 1 unspecified atom stereocenters. The van der Waals surface area contributed by atoms with E-state index >= 15 is 0 Å². The molecule has 106 valence electrons. The number of hydrogen-bond donors (Lipinski definition) is 1. The maximum Gasteiger partial charge on any atom is 0.143 e. The van der Waals surface area contributed by atoms with Crippen LogP contribution in [0.5, 0.6) is 0 Å². The Morgan fingerprint density at radius 1 is 1.15 bits per heavy atom. The van der Waals surface area contributed by atoms with Crippen LogP contribution >= 0.6 is 27.5 Å². The number of nitrogens with two attached hydrogens (primary N) is 1. The van der Waals surface area contributed by atoms with Gasteiger partial charge in [-0.05, 0) is 52.2 Å². The Morgan fingerprint density at radius 2 is 1.85 bits per heavy atom. The summed E-state index contributed by atoms with van der Waals surface area (Å²) in [5.41, 5.74) is 6.21. The van der Waals surface area contributed by atoms with Gasteiger partial charge in [0.1, 0.15) is 17.5 Å². The molecule has 0 bridgehead atoms. The molecule has 0 amide bonds. The quantitative estimate of drug-likeness (QED) is 0.781. The third kappa shape index (κ3) is 3.16. The number of rotatable bonds is 3. The van der Waals surface area contributed by atoms with Crippen molar-refractivity contribution in [3.05, 3.63) is 68.4 Å². The molecule has 0 radical (unpaired) electrons. The molecule has 0 aromatic heterocycles. The van der Waals surface area contributed by atoms with Gasteiger partial charge in [0, 0.05) is 16.6 Å². The second-order valence-electron chi connectivity index (χ2n) is 4.30. The second-order valence-corrected chi connectivity index (χ2v) is 5.56. The van der Waals surface area contributed by atoms with Crippen molar-refractivity contribution in [3.8, 4) is 0 Å². The number of benzene rings is 2. The van der Waals surface area contributed by atoms with Crippen molar-refractivity contribution < 1.29 is 13.2 Å². The first kappa shape index (κ1) is 15.4. The largest absolute Gasteiger partial charge is 0.324 e. The molecule has 20 heavy (non-hydrogen) atoms. The van der Waals surface area contributed by atoms with Crippen molar-refractivity contribution in [2.45, 2.75) is 12.5 Å². The van der Waals surface area contributed by atoms with E-state index in [4.69, 9.17) is 17.3 Å². The molecule has 2 rings (SSSR count). The fraction of sp³-hybridized carbons (Fsp3) is 0.143. The molecule has 6 heteroatoms. The van der Waals surface area contributed by atoms with Crippen molar-refractivity contribution in [2.75, 3.05) is 0 Å². The van der Waals surface area contributed by atoms with Crippen LogP contribution in [0.3, 0.4) is 0 Å². The van der Waals surface area contributed by atoms with Crippen LogP contribution in [-0.2, 0) is 6.42 Å².